The van der Waals surface area contributed by atoms with E-state index in [1.807, 2.05) is 14.0 Å². The van der Waals surface area contributed by atoms with Gasteiger partial charge in [0.25, 0.3) is 0 Å². The highest BCUT2D eigenvalue weighted by Gasteiger charge is 2.30. The molecule has 1 rings (SSSR count). The molecule has 0 unspecified atom stereocenters. The van der Waals surface area contributed by atoms with Crippen molar-refractivity contribution in [1.29, 1.82) is 0 Å². The Balaban J connectivity index is 2.57. The van der Waals surface area contributed by atoms with Crippen molar-refractivity contribution in [1.82, 2.24) is 5.32 Å². The number of carbonyl (C=O) groups is 1. The van der Waals surface area contributed by atoms with Gasteiger partial charge in [-0.25, -0.2) is 0 Å². The molecule has 0 aliphatic heterocycles. The van der Waals surface area contributed by atoms with E-state index in [9.17, 15) is 4.79 Å². The SMILES string of the molecule is CCOC(=O)CC1(NC)CCCCCCCCCCC1. The highest BCUT2D eigenvalue weighted by Crippen LogP contribution is 2.28. The van der Waals surface area contributed by atoms with E-state index in [1.54, 1.807) is 0 Å². The second-order valence-corrected chi connectivity index (χ2v) is 6.19. The zero-order valence-corrected chi connectivity index (χ0v) is 13.5. The summed E-state index contributed by atoms with van der Waals surface area (Å²) in [5.74, 6) is -0.0473. The minimum absolute atomic E-state index is 0.0363. The second-order valence-electron chi connectivity index (χ2n) is 6.19. The molecule has 1 aliphatic rings. The first-order valence-corrected chi connectivity index (χ1v) is 8.57. The summed E-state index contributed by atoms with van der Waals surface area (Å²) < 4.78 is 5.17. The first-order chi connectivity index (χ1) is 9.72. The third kappa shape index (κ3) is 6.74. The lowest BCUT2D eigenvalue weighted by atomic mass is 9.83. The Morgan fingerprint density at radius 3 is 1.80 bits per heavy atom. The Bertz CT molecular complexity index is 254. The third-order valence-electron chi connectivity index (χ3n) is 4.63. The lowest BCUT2D eigenvalue weighted by Gasteiger charge is -2.33. The molecule has 0 aromatic rings. The maximum Gasteiger partial charge on any atom is 0.307 e. The van der Waals surface area contributed by atoms with Crippen LogP contribution >= 0.6 is 0 Å². The molecule has 0 amide bonds. The zero-order chi connectivity index (χ0) is 14.7. The molecular weight excluding hydrogens is 250 g/mol. The largest absolute Gasteiger partial charge is 0.466 e. The summed E-state index contributed by atoms with van der Waals surface area (Å²) in [4.78, 5) is 11.9. The van der Waals surface area contributed by atoms with E-state index in [1.165, 1.54) is 57.8 Å². The van der Waals surface area contributed by atoms with Crippen LogP contribution in [-0.2, 0) is 9.53 Å². The molecular formula is C17H33NO2. The smallest absolute Gasteiger partial charge is 0.307 e. The van der Waals surface area contributed by atoms with Gasteiger partial charge in [0.1, 0.15) is 0 Å². The standard InChI is InChI=1S/C17H33NO2/c1-3-20-16(19)15-17(18-2)13-11-9-7-5-4-6-8-10-12-14-17/h18H,3-15H2,1-2H3. The molecule has 0 atom stereocenters. The summed E-state index contributed by atoms with van der Waals surface area (Å²) in [5.41, 5.74) is -0.0363. The fourth-order valence-corrected chi connectivity index (χ4v) is 3.29. The summed E-state index contributed by atoms with van der Waals surface area (Å²) in [5, 5.41) is 3.46. The highest BCUT2D eigenvalue weighted by molar-refractivity contribution is 5.70. The molecule has 1 fully saturated rings. The van der Waals surface area contributed by atoms with Crippen molar-refractivity contribution in [3.63, 3.8) is 0 Å². The average Bonchev–Trinajstić information content (AvgIpc) is 2.42. The van der Waals surface area contributed by atoms with Crippen LogP contribution in [0.25, 0.3) is 0 Å². The van der Waals surface area contributed by atoms with Crippen LogP contribution in [0, 0.1) is 0 Å². The Morgan fingerprint density at radius 2 is 1.40 bits per heavy atom. The van der Waals surface area contributed by atoms with Gasteiger partial charge in [0.05, 0.1) is 13.0 Å². The Hall–Kier alpha value is -0.570. The van der Waals surface area contributed by atoms with E-state index >= 15 is 0 Å². The van der Waals surface area contributed by atoms with E-state index in [4.69, 9.17) is 4.74 Å². The monoisotopic (exact) mass is 283 g/mol. The molecule has 20 heavy (non-hydrogen) atoms. The number of hydrogen-bond acceptors (Lipinski definition) is 3. The van der Waals surface area contributed by atoms with Crippen LogP contribution in [0.4, 0.5) is 0 Å². The van der Waals surface area contributed by atoms with E-state index < -0.39 is 0 Å². The minimum Gasteiger partial charge on any atom is -0.466 e. The maximum absolute atomic E-state index is 11.9. The predicted octanol–water partition coefficient (Wildman–Crippen LogP) is 4.20. The molecule has 1 N–H and O–H groups in total. The fourth-order valence-electron chi connectivity index (χ4n) is 3.29. The third-order valence-corrected chi connectivity index (χ3v) is 4.63. The molecule has 0 aromatic carbocycles. The first kappa shape index (κ1) is 17.5. The summed E-state index contributed by atoms with van der Waals surface area (Å²) in [6.45, 7) is 2.36. The number of carbonyl (C=O) groups excluding carboxylic acids is 1. The van der Waals surface area contributed by atoms with Gasteiger partial charge in [-0.2, -0.15) is 0 Å². The van der Waals surface area contributed by atoms with Crippen LogP contribution in [0.5, 0.6) is 0 Å². The highest BCUT2D eigenvalue weighted by atomic mass is 16.5. The molecule has 0 aromatic heterocycles. The number of ether oxygens (including phenoxy) is 1. The van der Waals surface area contributed by atoms with Gasteiger partial charge in [0, 0.05) is 5.54 Å². The van der Waals surface area contributed by atoms with Crippen molar-refractivity contribution < 1.29 is 9.53 Å². The Labute approximate surface area is 124 Å². The molecule has 0 heterocycles. The number of hydrogen-bond donors (Lipinski definition) is 1. The summed E-state index contributed by atoms with van der Waals surface area (Å²) in [6, 6.07) is 0. The minimum atomic E-state index is -0.0473. The van der Waals surface area contributed by atoms with Gasteiger partial charge in [-0.1, -0.05) is 57.8 Å². The van der Waals surface area contributed by atoms with Gasteiger partial charge in [-0.3, -0.25) is 4.79 Å². The lowest BCUT2D eigenvalue weighted by molar-refractivity contribution is -0.145. The molecule has 3 nitrogen and oxygen atoms in total. The zero-order valence-electron chi connectivity index (χ0n) is 13.5. The fraction of sp³-hybridized carbons (Fsp3) is 0.941. The quantitative estimate of drug-likeness (QED) is 0.786. The second kappa shape index (κ2) is 10.2. The van der Waals surface area contributed by atoms with Crippen LogP contribution in [0.1, 0.15) is 84.0 Å². The summed E-state index contributed by atoms with van der Waals surface area (Å²) in [6.07, 6.45) is 14.6. The van der Waals surface area contributed by atoms with Gasteiger partial charge in [-0.15, -0.1) is 0 Å². The lowest BCUT2D eigenvalue weighted by Crippen LogP contribution is -2.45. The van der Waals surface area contributed by atoms with Crippen molar-refractivity contribution in [2.45, 2.75) is 89.5 Å². The first-order valence-electron chi connectivity index (χ1n) is 8.57. The van der Waals surface area contributed by atoms with E-state index in [-0.39, 0.29) is 11.5 Å². The Kier molecular flexibility index (Phi) is 8.92. The molecule has 1 saturated carbocycles. The van der Waals surface area contributed by atoms with Crippen molar-refractivity contribution in [2.75, 3.05) is 13.7 Å². The van der Waals surface area contributed by atoms with Gasteiger partial charge in [0.2, 0.25) is 0 Å². The van der Waals surface area contributed by atoms with Gasteiger partial charge in [0.15, 0.2) is 0 Å². The molecule has 0 radical (unpaired) electrons. The summed E-state index contributed by atoms with van der Waals surface area (Å²) in [7, 11) is 2.01. The Morgan fingerprint density at radius 1 is 0.950 bits per heavy atom. The van der Waals surface area contributed by atoms with Gasteiger partial charge in [-0.05, 0) is 26.8 Å². The average molecular weight is 283 g/mol. The normalized spacial score (nSPS) is 21.5. The molecule has 0 saturated heterocycles. The number of esters is 1. The van der Waals surface area contributed by atoms with Crippen molar-refractivity contribution in [2.24, 2.45) is 0 Å². The number of nitrogens with one attached hydrogen (secondary N) is 1. The molecule has 118 valence electrons. The van der Waals surface area contributed by atoms with E-state index in [0.29, 0.717) is 13.0 Å². The van der Waals surface area contributed by atoms with Gasteiger partial charge >= 0.3 is 5.97 Å². The topological polar surface area (TPSA) is 38.3 Å². The van der Waals surface area contributed by atoms with Crippen molar-refractivity contribution in [3.05, 3.63) is 0 Å². The van der Waals surface area contributed by atoms with E-state index in [2.05, 4.69) is 5.32 Å². The van der Waals surface area contributed by atoms with Crippen LogP contribution in [-0.4, -0.2) is 25.2 Å². The molecule has 0 spiro atoms. The van der Waals surface area contributed by atoms with E-state index in [0.717, 1.165) is 12.8 Å². The van der Waals surface area contributed by atoms with Crippen LogP contribution < -0.4 is 5.32 Å². The maximum atomic E-state index is 11.9. The van der Waals surface area contributed by atoms with Crippen LogP contribution in [0.15, 0.2) is 0 Å². The van der Waals surface area contributed by atoms with Crippen LogP contribution in [0.3, 0.4) is 0 Å². The van der Waals surface area contributed by atoms with Gasteiger partial charge < -0.3 is 10.1 Å². The molecule has 1 aliphatic carbocycles. The van der Waals surface area contributed by atoms with Crippen molar-refractivity contribution >= 4 is 5.97 Å². The molecule has 0 bridgehead atoms. The van der Waals surface area contributed by atoms with Crippen LogP contribution in [0.2, 0.25) is 0 Å². The summed E-state index contributed by atoms with van der Waals surface area (Å²) >= 11 is 0. The molecule has 3 heteroatoms. The van der Waals surface area contributed by atoms with Crippen molar-refractivity contribution in [3.8, 4) is 0 Å². The predicted molar refractivity (Wildman–Crippen MR) is 83.8 cm³/mol. The number of rotatable bonds is 4.